The number of alkyl halides is 1. The molecule has 2 aliphatic rings. The van der Waals surface area contributed by atoms with Gasteiger partial charge in [0.15, 0.2) is 11.5 Å². The van der Waals surface area contributed by atoms with Gasteiger partial charge in [-0.1, -0.05) is 29.8 Å². The van der Waals surface area contributed by atoms with Crippen molar-refractivity contribution < 1.29 is 19.0 Å². The first-order chi connectivity index (χ1) is 17.5. The molecule has 5 rings (SSSR count). The normalized spacial score (nSPS) is 18.7. The summed E-state index contributed by atoms with van der Waals surface area (Å²) in [5, 5.41) is 3.99. The van der Waals surface area contributed by atoms with Crippen LogP contribution in [0.5, 0.6) is 17.2 Å². The van der Waals surface area contributed by atoms with Gasteiger partial charge in [-0.15, -0.1) is 11.6 Å². The van der Waals surface area contributed by atoms with E-state index in [1.807, 2.05) is 48.6 Å². The summed E-state index contributed by atoms with van der Waals surface area (Å²) >= 11 is 12.4. The minimum Gasteiger partial charge on any atom is -0.493 e. The standard InChI is InChI=1S/C28H24Cl2N2O4/c1-34-26-14-21-24(15-27(26)35-2)31-11-10-25(21)36-18-7-8-19-16(12-18)4-3-5-20(19)28(33)32-23-9-6-17(29)13-22(23)30/h3-6,9-15,22-23H,7-8H2,1-2H3,(H,32,33). The average Bonchev–Trinajstić information content (AvgIpc) is 2.89. The van der Waals surface area contributed by atoms with Gasteiger partial charge in [-0.2, -0.15) is 0 Å². The summed E-state index contributed by atoms with van der Waals surface area (Å²) in [5.41, 5.74) is 3.30. The molecule has 2 unspecified atom stereocenters. The van der Waals surface area contributed by atoms with Crippen molar-refractivity contribution in [1.82, 2.24) is 10.3 Å². The fourth-order valence-corrected chi connectivity index (χ4v) is 5.01. The van der Waals surface area contributed by atoms with Gasteiger partial charge in [0.2, 0.25) is 0 Å². The number of carbonyl (C=O) groups is 1. The highest BCUT2D eigenvalue weighted by Crippen LogP contribution is 2.37. The number of benzene rings is 2. The van der Waals surface area contributed by atoms with Crippen molar-refractivity contribution >= 4 is 46.1 Å². The van der Waals surface area contributed by atoms with Gasteiger partial charge in [0.25, 0.3) is 5.91 Å². The first kappa shape index (κ1) is 24.2. The average molecular weight is 523 g/mol. The molecule has 1 aromatic heterocycles. The second kappa shape index (κ2) is 10.2. The van der Waals surface area contributed by atoms with E-state index < -0.39 is 5.38 Å². The summed E-state index contributed by atoms with van der Waals surface area (Å²) < 4.78 is 17.2. The van der Waals surface area contributed by atoms with Crippen LogP contribution < -0.4 is 19.5 Å². The molecule has 0 aliphatic heterocycles. The monoisotopic (exact) mass is 522 g/mol. The predicted octanol–water partition coefficient (Wildman–Crippen LogP) is 6.02. The van der Waals surface area contributed by atoms with Crippen molar-refractivity contribution in [1.29, 1.82) is 0 Å². The van der Waals surface area contributed by atoms with Crippen molar-refractivity contribution in [3.63, 3.8) is 0 Å². The van der Waals surface area contributed by atoms with Crippen LogP contribution >= 0.6 is 23.2 Å². The molecule has 2 aliphatic carbocycles. The molecule has 1 N–H and O–H groups in total. The van der Waals surface area contributed by atoms with Gasteiger partial charge in [0.1, 0.15) is 11.5 Å². The lowest BCUT2D eigenvalue weighted by Gasteiger charge is -2.23. The smallest absolute Gasteiger partial charge is 0.252 e. The number of pyridine rings is 1. The molecular weight excluding hydrogens is 499 g/mol. The molecule has 0 spiro atoms. The third-order valence-corrected chi connectivity index (χ3v) is 6.91. The molecule has 36 heavy (non-hydrogen) atoms. The van der Waals surface area contributed by atoms with E-state index >= 15 is 0 Å². The number of carbonyl (C=O) groups excluding carboxylic acids is 1. The van der Waals surface area contributed by atoms with Gasteiger partial charge in [0.05, 0.1) is 31.2 Å². The van der Waals surface area contributed by atoms with Crippen molar-refractivity contribution in [2.75, 3.05) is 14.2 Å². The van der Waals surface area contributed by atoms with Gasteiger partial charge in [-0.25, -0.2) is 0 Å². The van der Waals surface area contributed by atoms with Crippen LogP contribution in [0.25, 0.3) is 17.0 Å². The van der Waals surface area contributed by atoms with E-state index in [0.717, 1.165) is 27.8 Å². The molecule has 2 atom stereocenters. The van der Waals surface area contributed by atoms with Crippen molar-refractivity contribution in [3.05, 3.63) is 88.3 Å². The summed E-state index contributed by atoms with van der Waals surface area (Å²) in [5.74, 6) is 2.52. The summed E-state index contributed by atoms with van der Waals surface area (Å²) in [6.45, 7) is 0. The molecule has 3 aromatic rings. The van der Waals surface area contributed by atoms with E-state index in [-0.39, 0.29) is 11.9 Å². The van der Waals surface area contributed by atoms with Crippen LogP contribution in [0.15, 0.2) is 71.6 Å². The van der Waals surface area contributed by atoms with Crippen molar-refractivity contribution in [2.45, 2.75) is 24.3 Å². The zero-order valence-corrected chi connectivity index (χ0v) is 21.3. The van der Waals surface area contributed by atoms with Gasteiger partial charge in [0, 0.05) is 34.7 Å². The second-order valence-corrected chi connectivity index (χ2v) is 9.41. The summed E-state index contributed by atoms with van der Waals surface area (Å²) in [6, 6.07) is 10.9. The predicted molar refractivity (Wildman–Crippen MR) is 142 cm³/mol. The first-order valence-electron chi connectivity index (χ1n) is 11.5. The highest BCUT2D eigenvalue weighted by molar-refractivity contribution is 6.32. The van der Waals surface area contributed by atoms with E-state index in [2.05, 4.69) is 10.3 Å². The van der Waals surface area contributed by atoms with Gasteiger partial charge in [-0.05, 0) is 54.0 Å². The number of allylic oxidation sites excluding steroid dienone is 3. The minimum absolute atomic E-state index is 0.169. The summed E-state index contributed by atoms with van der Waals surface area (Å²) in [6.07, 6.45) is 10.3. The Labute approximate surface area is 219 Å². The van der Waals surface area contributed by atoms with Crippen LogP contribution in [0, 0.1) is 0 Å². The number of amides is 1. The number of rotatable bonds is 6. The Morgan fingerprint density at radius 2 is 1.89 bits per heavy atom. The topological polar surface area (TPSA) is 69.7 Å². The van der Waals surface area contributed by atoms with E-state index in [1.165, 1.54) is 0 Å². The van der Waals surface area contributed by atoms with Crippen LogP contribution in [0.3, 0.4) is 0 Å². The molecule has 184 valence electrons. The van der Waals surface area contributed by atoms with Crippen LogP contribution in [-0.4, -0.2) is 36.5 Å². The number of hydrogen-bond donors (Lipinski definition) is 1. The zero-order valence-electron chi connectivity index (χ0n) is 19.8. The summed E-state index contributed by atoms with van der Waals surface area (Å²) in [7, 11) is 3.19. The molecule has 1 amide bonds. The Bertz CT molecular complexity index is 1430. The third-order valence-electron chi connectivity index (χ3n) is 6.26. The van der Waals surface area contributed by atoms with Crippen LogP contribution in [0.4, 0.5) is 0 Å². The largest absolute Gasteiger partial charge is 0.493 e. The molecule has 0 saturated heterocycles. The lowest BCUT2D eigenvalue weighted by Crippen LogP contribution is -2.40. The second-order valence-electron chi connectivity index (χ2n) is 8.47. The van der Waals surface area contributed by atoms with Crippen LogP contribution in [-0.2, 0) is 6.42 Å². The molecule has 8 heteroatoms. The molecule has 2 aromatic carbocycles. The Kier molecular flexibility index (Phi) is 6.90. The van der Waals surface area contributed by atoms with Crippen LogP contribution in [0.1, 0.15) is 27.9 Å². The highest BCUT2D eigenvalue weighted by atomic mass is 35.5. The number of ether oxygens (including phenoxy) is 3. The number of nitrogens with zero attached hydrogens (tertiary/aromatic N) is 1. The number of methoxy groups -OCH3 is 2. The van der Waals surface area contributed by atoms with E-state index in [4.69, 9.17) is 37.4 Å². The molecule has 0 radical (unpaired) electrons. The zero-order chi connectivity index (χ0) is 25.2. The molecule has 1 heterocycles. The van der Waals surface area contributed by atoms with E-state index in [0.29, 0.717) is 40.7 Å². The quantitative estimate of drug-likeness (QED) is 0.401. The Hall–Kier alpha value is -3.48. The summed E-state index contributed by atoms with van der Waals surface area (Å²) in [4.78, 5) is 17.5. The SMILES string of the molecule is COc1cc2nccc(OC3=Cc4cccc(C(=O)NC5C=CC(Cl)=CC5Cl)c4CC3)c2cc1OC. The number of hydrogen-bond acceptors (Lipinski definition) is 5. The fourth-order valence-electron chi connectivity index (χ4n) is 4.45. The molecule has 0 saturated carbocycles. The highest BCUT2D eigenvalue weighted by Gasteiger charge is 2.24. The van der Waals surface area contributed by atoms with Crippen LogP contribution in [0.2, 0.25) is 0 Å². The van der Waals surface area contributed by atoms with Crippen molar-refractivity contribution in [3.8, 4) is 17.2 Å². The van der Waals surface area contributed by atoms with E-state index in [1.54, 1.807) is 32.6 Å². The maximum Gasteiger partial charge on any atom is 0.252 e. The van der Waals surface area contributed by atoms with E-state index in [9.17, 15) is 4.79 Å². The number of halogens is 2. The lowest BCUT2D eigenvalue weighted by atomic mass is 9.91. The molecule has 0 bridgehead atoms. The number of fused-ring (bicyclic) bond motifs is 2. The molecular formula is C28H24Cl2N2O4. The van der Waals surface area contributed by atoms with Crippen molar-refractivity contribution in [2.24, 2.45) is 0 Å². The van der Waals surface area contributed by atoms with Gasteiger partial charge >= 0.3 is 0 Å². The third kappa shape index (κ3) is 4.79. The maximum absolute atomic E-state index is 13.1. The molecule has 0 fully saturated rings. The van der Waals surface area contributed by atoms with Gasteiger partial charge in [-0.3, -0.25) is 9.78 Å². The maximum atomic E-state index is 13.1. The fraction of sp³-hybridized carbons (Fsp3) is 0.214. The number of nitrogens with one attached hydrogen (secondary N) is 1. The first-order valence-corrected chi connectivity index (χ1v) is 12.3. The minimum atomic E-state index is -0.403. The molecule has 6 nitrogen and oxygen atoms in total. The number of aromatic nitrogens is 1. The Morgan fingerprint density at radius 3 is 2.67 bits per heavy atom. The van der Waals surface area contributed by atoms with Gasteiger partial charge < -0.3 is 19.5 Å². The Balaban J connectivity index is 1.40. The lowest BCUT2D eigenvalue weighted by molar-refractivity contribution is 0.0943. The Morgan fingerprint density at radius 1 is 1.08 bits per heavy atom.